The minimum atomic E-state index is -0.423. The number of ether oxygens (including phenoxy) is 1. The second kappa shape index (κ2) is 5.14. The average molecular weight is 194 g/mol. The molecule has 2 nitrogen and oxygen atoms in total. The quantitative estimate of drug-likeness (QED) is 0.632. The van der Waals surface area contributed by atoms with Crippen LogP contribution >= 0.6 is 0 Å². The zero-order valence-electron chi connectivity index (χ0n) is 9.01. The first-order valence-electron chi connectivity index (χ1n) is 5.29. The summed E-state index contributed by atoms with van der Waals surface area (Å²) in [7, 11) is 0. The molecule has 1 unspecified atom stereocenters. The van der Waals surface area contributed by atoms with Gasteiger partial charge in [-0.25, -0.2) is 4.79 Å². The lowest BCUT2D eigenvalue weighted by molar-refractivity contribution is -0.000391. The molecule has 14 heavy (non-hydrogen) atoms. The Bertz CT molecular complexity index is 261. The molecule has 0 fully saturated rings. The Morgan fingerprint density at radius 2 is 2.36 bits per heavy atom. The Hall–Kier alpha value is -0.850. The van der Waals surface area contributed by atoms with Gasteiger partial charge in [-0.1, -0.05) is 6.08 Å². The second-order valence-corrected chi connectivity index (χ2v) is 3.83. The van der Waals surface area contributed by atoms with Crippen LogP contribution in [0.15, 0.2) is 17.7 Å². The topological polar surface area (TPSA) is 26.3 Å². The maximum atomic E-state index is 10.8. The number of allylic oxidation sites excluding steroid dienone is 1. The number of carbonyl (C=O) groups excluding carboxylic acids is 1. The zero-order chi connectivity index (χ0) is 10.4. The molecule has 0 aromatic rings. The highest BCUT2D eigenvalue weighted by atomic mass is 16.5. The number of rotatable bonds is 2. The summed E-state index contributed by atoms with van der Waals surface area (Å²) in [5.74, 6) is 2.00. The molecule has 0 heterocycles. The number of hydrogen-bond donors (Lipinski definition) is 0. The van der Waals surface area contributed by atoms with Crippen LogP contribution in [0, 0.1) is 0 Å². The van der Waals surface area contributed by atoms with Crippen molar-refractivity contribution in [3.05, 3.63) is 17.7 Å². The molecule has 1 rings (SSSR count). The molecule has 0 saturated carbocycles. The van der Waals surface area contributed by atoms with Gasteiger partial charge in [0.1, 0.15) is 11.5 Å². The number of hydrogen-bond acceptors (Lipinski definition) is 2. The van der Waals surface area contributed by atoms with Crippen molar-refractivity contribution in [2.24, 2.45) is 0 Å². The Morgan fingerprint density at radius 1 is 1.57 bits per heavy atom. The predicted molar refractivity (Wildman–Crippen MR) is 56.8 cm³/mol. The third-order valence-corrected chi connectivity index (χ3v) is 2.70. The van der Waals surface area contributed by atoms with Crippen LogP contribution in [-0.4, -0.2) is 18.1 Å². The molecule has 78 valence electrons. The second-order valence-electron chi connectivity index (χ2n) is 3.83. The van der Waals surface area contributed by atoms with Gasteiger partial charge in [0.25, 0.3) is 0 Å². The summed E-state index contributed by atoms with van der Waals surface area (Å²) in [4.78, 5) is 10.8. The molecule has 0 saturated heterocycles. The summed E-state index contributed by atoms with van der Waals surface area (Å²) in [6.45, 7) is 4.57. The highest BCUT2D eigenvalue weighted by Crippen LogP contribution is 2.29. The van der Waals surface area contributed by atoms with Crippen LogP contribution in [0.2, 0.25) is 0 Å². The Morgan fingerprint density at radius 3 is 3.00 bits per heavy atom. The fourth-order valence-electron chi connectivity index (χ4n) is 1.85. The third kappa shape index (κ3) is 2.57. The molecule has 1 aliphatic carbocycles. The van der Waals surface area contributed by atoms with Crippen molar-refractivity contribution < 1.29 is 9.53 Å². The van der Waals surface area contributed by atoms with Gasteiger partial charge in [0.15, 0.2) is 0 Å². The maximum Gasteiger partial charge on any atom is 0.130 e. The summed E-state index contributed by atoms with van der Waals surface area (Å²) in [5, 5.41) is 0. The highest BCUT2D eigenvalue weighted by Gasteiger charge is 2.29. The molecule has 0 radical (unpaired) electrons. The Kier molecular flexibility index (Phi) is 4.12. The lowest BCUT2D eigenvalue weighted by Gasteiger charge is -2.29. The van der Waals surface area contributed by atoms with Gasteiger partial charge in [0, 0.05) is 6.61 Å². The standard InChI is InChI=1S/C12H18O2/c1-3-14-12(2)9-7-5-4-6-8-11(12)10-13/h6,8H,3-5,7,9H2,1-2H3. The zero-order valence-corrected chi connectivity index (χ0v) is 9.01. The van der Waals surface area contributed by atoms with Crippen LogP contribution < -0.4 is 0 Å². The van der Waals surface area contributed by atoms with E-state index >= 15 is 0 Å². The van der Waals surface area contributed by atoms with Crippen molar-refractivity contribution in [1.29, 1.82) is 0 Å². The lowest BCUT2D eigenvalue weighted by atomic mass is 9.88. The van der Waals surface area contributed by atoms with Crippen molar-refractivity contribution in [3.8, 4) is 0 Å². The van der Waals surface area contributed by atoms with Crippen molar-refractivity contribution >= 4 is 5.94 Å². The molecular formula is C12H18O2. The first kappa shape index (κ1) is 11.2. The molecule has 0 bridgehead atoms. The van der Waals surface area contributed by atoms with Crippen molar-refractivity contribution in [2.75, 3.05) is 6.61 Å². The molecule has 0 spiro atoms. The smallest absolute Gasteiger partial charge is 0.130 e. The van der Waals surface area contributed by atoms with E-state index in [9.17, 15) is 4.79 Å². The summed E-state index contributed by atoms with van der Waals surface area (Å²) in [6, 6.07) is 0. The van der Waals surface area contributed by atoms with Gasteiger partial charge in [0.05, 0.1) is 5.57 Å². The summed E-state index contributed by atoms with van der Waals surface area (Å²) in [5.41, 5.74) is 0.229. The minimum Gasteiger partial charge on any atom is -0.370 e. The largest absolute Gasteiger partial charge is 0.370 e. The van der Waals surface area contributed by atoms with Gasteiger partial charge < -0.3 is 4.74 Å². The third-order valence-electron chi connectivity index (χ3n) is 2.70. The van der Waals surface area contributed by atoms with Crippen LogP contribution in [0.1, 0.15) is 39.5 Å². The van der Waals surface area contributed by atoms with E-state index in [0.717, 1.165) is 19.3 Å². The highest BCUT2D eigenvalue weighted by molar-refractivity contribution is 5.61. The Balaban J connectivity index is 2.91. The molecule has 0 aromatic heterocycles. The molecule has 1 aliphatic rings. The molecule has 0 aromatic carbocycles. The van der Waals surface area contributed by atoms with E-state index in [1.165, 1.54) is 6.42 Å². The molecule has 0 N–H and O–H groups in total. The van der Waals surface area contributed by atoms with E-state index in [4.69, 9.17) is 4.74 Å². The van der Waals surface area contributed by atoms with Gasteiger partial charge in [-0.2, -0.15) is 0 Å². The normalized spacial score (nSPS) is 28.0. The molecule has 0 amide bonds. The van der Waals surface area contributed by atoms with Gasteiger partial charge in [-0.3, -0.25) is 0 Å². The van der Waals surface area contributed by atoms with E-state index in [2.05, 4.69) is 0 Å². The monoisotopic (exact) mass is 194 g/mol. The minimum absolute atomic E-state index is 0.423. The SMILES string of the molecule is CCOC1(C)CCCCC=CC1=C=O. The van der Waals surface area contributed by atoms with E-state index in [-0.39, 0.29) is 0 Å². The summed E-state index contributed by atoms with van der Waals surface area (Å²) >= 11 is 0. The van der Waals surface area contributed by atoms with E-state index in [1.54, 1.807) is 0 Å². The van der Waals surface area contributed by atoms with Crippen molar-refractivity contribution in [3.63, 3.8) is 0 Å². The first-order chi connectivity index (χ1) is 6.73. The van der Waals surface area contributed by atoms with Crippen LogP contribution in [0.5, 0.6) is 0 Å². The van der Waals surface area contributed by atoms with Gasteiger partial charge in [0.2, 0.25) is 0 Å². The lowest BCUT2D eigenvalue weighted by Crippen LogP contribution is -2.31. The van der Waals surface area contributed by atoms with Crippen LogP contribution in [0.25, 0.3) is 0 Å². The molecule has 0 aliphatic heterocycles. The van der Waals surface area contributed by atoms with E-state index < -0.39 is 5.60 Å². The van der Waals surface area contributed by atoms with Crippen molar-refractivity contribution in [1.82, 2.24) is 0 Å². The fraction of sp³-hybridized carbons (Fsp3) is 0.667. The van der Waals surface area contributed by atoms with Crippen LogP contribution in [-0.2, 0) is 9.53 Å². The summed E-state index contributed by atoms with van der Waals surface area (Å²) < 4.78 is 5.66. The van der Waals surface area contributed by atoms with Gasteiger partial charge in [-0.05, 0) is 45.6 Å². The maximum absolute atomic E-state index is 10.8. The van der Waals surface area contributed by atoms with Crippen LogP contribution in [0.4, 0.5) is 0 Å². The summed E-state index contributed by atoms with van der Waals surface area (Å²) in [6.07, 6.45) is 8.14. The molecule has 1 atom stereocenters. The molecular weight excluding hydrogens is 176 g/mol. The fourth-order valence-corrected chi connectivity index (χ4v) is 1.85. The average Bonchev–Trinajstić information content (AvgIpc) is 2.14. The molecule has 2 heteroatoms. The van der Waals surface area contributed by atoms with Gasteiger partial charge in [-0.15, -0.1) is 0 Å². The van der Waals surface area contributed by atoms with E-state index in [1.807, 2.05) is 31.9 Å². The van der Waals surface area contributed by atoms with Gasteiger partial charge >= 0.3 is 0 Å². The first-order valence-corrected chi connectivity index (χ1v) is 5.29. The van der Waals surface area contributed by atoms with E-state index in [0.29, 0.717) is 12.2 Å². The van der Waals surface area contributed by atoms with Crippen molar-refractivity contribution in [2.45, 2.75) is 45.1 Å². The van der Waals surface area contributed by atoms with Crippen LogP contribution in [0.3, 0.4) is 0 Å². The Labute approximate surface area is 85.6 Å². The predicted octanol–water partition coefficient (Wildman–Crippen LogP) is 2.67.